The average molecular weight is 263 g/mol. The maximum absolute atomic E-state index is 8.56. The summed E-state index contributed by atoms with van der Waals surface area (Å²) in [5.74, 6) is 0. The highest BCUT2D eigenvalue weighted by Crippen LogP contribution is 2.75. The van der Waals surface area contributed by atoms with Crippen molar-refractivity contribution in [2.75, 3.05) is 0 Å². The van der Waals surface area contributed by atoms with Crippen LogP contribution in [-0.2, 0) is 5.54 Å². The maximum Gasteiger partial charge on any atom is 0.252 e. The molecule has 1 fully saturated rings. The molecule has 2 nitrogen and oxygen atoms in total. The Morgan fingerprint density at radius 1 is 1.35 bits per heavy atom. The number of aromatic nitrogens is 1. The highest BCUT2D eigenvalue weighted by molar-refractivity contribution is 6.13. The summed E-state index contributed by atoms with van der Waals surface area (Å²) in [6.45, 7) is 10.8. The van der Waals surface area contributed by atoms with Crippen LogP contribution in [0.25, 0.3) is 5.57 Å². The standard InChI is InChI=1S/C18H19N2/c1-5-8-13-11(3)14-9-7-10-15-16(19)18(20(14)15)12(4)17(13,18)6-2/h5,7-10,19H,4,6H2,1-3H3/q+1. The fourth-order valence-corrected chi connectivity index (χ4v) is 4.71. The third kappa shape index (κ3) is 0.807. The average Bonchev–Trinajstić information content (AvgIpc) is 3.06. The second-order valence-electron chi connectivity index (χ2n) is 5.99. The minimum atomic E-state index is -0.248. The number of pyridine rings is 1. The molecule has 0 radical (unpaired) electrons. The predicted octanol–water partition coefficient (Wildman–Crippen LogP) is 3.38. The zero-order chi connectivity index (χ0) is 14.3. The summed E-state index contributed by atoms with van der Waals surface area (Å²) in [7, 11) is 0. The topological polar surface area (TPSA) is 27.7 Å². The van der Waals surface area contributed by atoms with Crippen LogP contribution < -0.4 is 4.57 Å². The molecule has 4 rings (SSSR count). The molecule has 0 saturated heterocycles. The number of hydrogen-bond acceptors (Lipinski definition) is 1. The molecule has 2 heteroatoms. The van der Waals surface area contributed by atoms with Crippen molar-refractivity contribution in [3.05, 3.63) is 59.5 Å². The predicted molar refractivity (Wildman–Crippen MR) is 80.7 cm³/mol. The molecule has 0 aromatic carbocycles. The second-order valence-corrected chi connectivity index (χ2v) is 5.99. The summed E-state index contributed by atoms with van der Waals surface area (Å²) in [5, 5.41) is 8.56. The van der Waals surface area contributed by atoms with Gasteiger partial charge in [0.1, 0.15) is 0 Å². The van der Waals surface area contributed by atoms with Crippen molar-refractivity contribution in [1.29, 1.82) is 5.41 Å². The molecule has 1 N–H and O–H groups in total. The van der Waals surface area contributed by atoms with Crippen LogP contribution >= 0.6 is 0 Å². The summed E-state index contributed by atoms with van der Waals surface area (Å²) in [4.78, 5) is 0. The van der Waals surface area contributed by atoms with Crippen LogP contribution in [0.4, 0.5) is 0 Å². The number of hydrogen-bond donors (Lipinski definition) is 1. The molecule has 2 atom stereocenters. The van der Waals surface area contributed by atoms with Crippen molar-refractivity contribution >= 4 is 11.3 Å². The van der Waals surface area contributed by atoms with Crippen LogP contribution in [0.15, 0.2) is 48.1 Å². The molecular weight excluding hydrogens is 244 g/mol. The third-order valence-electron chi connectivity index (χ3n) is 5.56. The van der Waals surface area contributed by atoms with E-state index in [1.807, 2.05) is 0 Å². The van der Waals surface area contributed by atoms with Gasteiger partial charge in [-0.25, -0.2) is 0 Å². The lowest BCUT2D eigenvalue weighted by molar-refractivity contribution is -0.750. The molecular formula is C18H19N2+. The van der Waals surface area contributed by atoms with Crippen molar-refractivity contribution in [2.24, 2.45) is 5.41 Å². The van der Waals surface area contributed by atoms with Gasteiger partial charge in [0, 0.05) is 23.3 Å². The molecule has 0 amide bonds. The van der Waals surface area contributed by atoms with Crippen LogP contribution in [0.5, 0.6) is 0 Å². The van der Waals surface area contributed by atoms with Gasteiger partial charge in [-0.3, -0.25) is 5.41 Å². The third-order valence-corrected chi connectivity index (χ3v) is 5.56. The maximum atomic E-state index is 8.56. The van der Waals surface area contributed by atoms with Crippen molar-refractivity contribution in [3.8, 4) is 0 Å². The van der Waals surface area contributed by atoms with Gasteiger partial charge in [-0.1, -0.05) is 25.7 Å². The molecule has 1 aromatic heterocycles. The van der Waals surface area contributed by atoms with Gasteiger partial charge in [-0.2, -0.15) is 4.57 Å². The van der Waals surface area contributed by atoms with Crippen LogP contribution in [0, 0.1) is 10.8 Å². The van der Waals surface area contributed by atoms with Crippen molar-refractivity contribution in [3.63, 3.8) is 0 Å². The van der Waals surface area contributed by atoms with Crippen LogP contribution in [0.3, 0.4) is 0 Å². The van der Waals surface area contributed by atoms with E-state index in [1.165, 1.54) is 22.4 Å². The molecule has 100 valence electrons. The molecule has 1 aliphatic carbocycles. The highest BCUT2D eigenvalue weighted by Gasteiger charge is 2.89. The van der Waals surface area contributed by atoms with Crippen LogP contribution in [0.2, 0.25) is 0 Å². The Morgan fingerprint density at radius 3 is 2.70 bits per heavy atom. The van der Waals surface area contributed by atoms with E-state index in [1.54, 1.807) is 0 Å². The van der Waals surface area contributed by atoms with Gasteiger partial charge < -0.3 is 0 Å². The van der Waals surface area contributed by atoms with Crippen LogP contribution in [0.1, 0.15) is 38.6 Å². The SMILES string of the molecule is C=C1C2(CC)C(C=CC)=C(C)c3cccc4[n+]3C12C4=N. The lowest BCUT2D eigenvalue weighted by Gasteiger charge is -2.34. The molecule has 3 aliphatic rings. The monoisotopic (exact) mass is 263 g/mol. The summed E-state index contributed by atoms with van der Waals surface area (Å²) in [6.07, 6.45) is 5.34. The molecule has 2 unspecified atom stereocenters. The summed E-state index contributed by atoms with van der Waals surface area (Å²) < 4.78 is 2.35. The van der Waals surface area contributed by atoms with Gasteiger partial charge in [0.25, 0.3) is 5.54 Å². The Morgan fingerprint density at radius 2 is 2.05 bits per heavy atom. The van der Waals surface area contributed by atoms with Crippen molar-refractivity contribution in [1.82, 2.24) is 0 Å². The molecule has 2 aliphatic heterocycles. The molecule has 20 heavy (non-hydrogen) atoms. The molecule has 3 heterocycles. The summed E-state index contributed by atoms with van der Waals surface area (Å²) in [5.41, 5.74) is 6.64. The van der Waals surface area contributed by atoms with Gasteiger partial charge in [-0.15, -0.1) is 0 Å². The first-order valence-electron chi connectivity index (χ1n) is 7.28. The second kappa shape index (κ2) is 3.20. The Balaban J connectivity index is 2.16. The number of allylic oxidation sites excluding steroid dienone is 5. The minimum absolute atomic E-state index is 0.0489. The van der Waals surface area contributed by atoms with E-state index < -0.39 is 0 Å². The first kappa shape index (κ1) is 11.8. The smallest absolute Gasteiger partial charge is 0.252 e. The lowest BCUT2D eigenvalue weighted by Crippen LogP contribution is -2.71. The fraction of sp³-hybridized carbons (Fsp3) is 0.333. The highest BCUT2D eigenvalue weighted by atomic mass is 15.3. The van der Waals surface area contributed by atoms with Crippen LogP contribution in [-0.4, -0.2) is 5.71 Å². The summed E-state index contributed by atoms with van der Waals surface area (Å²) >= 11 is 0. The van der Waals surface area contributed by atoms with Gasteiger partial charge in [0.2, 0.25) is 11.4 Å². The Bertz CT molecular complexity index is 766. The zero-order valence-electron chi connectivity index (χ0n) is 12.2. The van der Waals surface area contributed by atoms with E-state index in [-0.39, 0.29) is 11.0 Å². The first-order valence-corrected chi connectivity index (χ1v) is 7.28. The zero-order valence-corrected chi connectivity index (χ0v) is 12.2. The van der Waals surface area contributed by atoms with Crippen molar-refractivity contribution < 1.29 is 4.57 Å². The Hall–Kier alpha value is -1.96. The van der Waals surface area contributed by atoms with E-state index in [2.05, 4.69) is 62.3 Å². The van der Waals surface area contributed by atoms with Gasteiger partial charge in [0.15, 0.2) is 5.71 Å². The summed E-state index contributed by atoms with van der Waals surface area (Å²) in [6, 6.07) is 6.28. The van der Waals surface area contributed by atoms with E-state index in [0.29, 0.717) is 0 Å². The number of rotatable bonds is 2. The quantitative estimate of drug-likeness (QED) is 0.626. The van der Waals surface area contributed by atoms with E-state index in [0.717, 1.165) is 17.8 Å². The van der Waals surface area contributed by atoms with E-state index in [9.17, 15) is 0 Å². The first-order chi connectivity index (χ1) is 9.58. The molecule has 1 aromatic rings. The van der Waals surface area contributed by atoms with Crippen molar-refractivity contribution in [2.45, 2.75) is 32.7 Å². The normalized spacial score (nSPS) is 33.1. The number of nitrogens with zero attached hydrogens (tertiary/aromatic N) is 1. The fourth-order valence-electron chi connectivity index (χ4n) is 4.71. The molecule has 1 saturated carbocycles. The van der Waals surface area contributed by atoms with Gasteiger partial charge >= 0.3 is 0 Å². The van der Waals surface area contributed by atoms with E-state index in [4.69, 9.17) is 5.41 Å². The Labute approximate surface area is 119 Å². The largest absolute Gasteiger partial charge is 0.292 e. The minimum Gasteiger partial charge on any atom is -0.292 e. The molecule has 0 bridgehead atoms. The van der Waals surface area contributed by atoms with Gasteiger partial charge in [0.05, 0.1) is 5.41 Å². The number of nitrogens with one attached hydrogen (secondary N) is 1. The Kier molecular flexibility index (Phi) is 1.89. The van der Waals surface area contributed by atoms with Gasteiger partial charge in [-0.05, 0) is 31.9 Å². The van der Waals surface area contributed by atoms with E-state index >= 15 is 0 Å². The lowest BCUT2D eigenvalue weighted by atomic mass is 9.74. The molecule has 1 spiro atoms.